The third-order valence-electron chi connectivity index (χ3n) is 2.85. The van der Waals surface area contributed by atoms with Crippen molar-refractivity contribution in [2.75, 3.05) is 13.6 Å². The van der Waals surface area contributed by atoms with Crippen molar-refractivity contribution in [1.29, 1.82) is 0 Å². The minimum atomic E-state index is 0.631. The first-order chi connectivity index (χ1) is 8.84. The Morgan fingerprint density at radius 1 is 0.833 bits per heavy atom. The van der Waals surface area contributed by atoms with Gasteiger partial charge in [0, 0.05) is 13.6 Å². The molecular formula is C16H19NO. The number of hydrogen-bond acceptors (Lipinski definition) is 2. The van der Waals surface area contributed by atoms with Crippen LogP contribution in [0.5, 0.6) is 0 Å². The minimum absolute atomic E-state index is 0.631. The highest BCUT2D eigenvalue weighted by Gasteiger charge is 2.00. The van der Waals surface area contributed by atoms with Gasteiger partial charge in [0.15, 0.2) is 0 Å². The highest BCUT2D eigenvalue weighted by molar-refractivity contribution is 5.15. The lowest BCUT2D eigenvalue weighted by molar-refractivity contribution is -0.149. The van der Waals surface area contributed by atoms with Gasteiger partial charge in [0.1, 0.15) is 0 Å². The van der Waals surface area contributed by atoms with Gasteiger partial charge >= 0.3 is 0 Å². The zero-order valence-electron chi connectivity index (χ0n) is 10.8. The largest absolute Gasteiger partial charge is 0.294 e. The normalized spacial score (nSPS) is 10.8. The van der Waals surface area contributed by atoms with Crippen LogP contribution in [0.4, 0.5) is 0 Å². The molecule has 2 nitrogen and oxygen atoms in total. The molecule has 0 atom stereocenters. The third kappa shape index (κ3) is 4.32. The fourth-order valence-electron chi connectivity index (χ4n) is 1.75. The molecule has 0 amide bonds. The van der Waals surface area contributed by atoms with E-state index in [1.165, 1.54) is 11.1 Å². The Labute approximate surface area is 109 Å². The first-order valence-corrected chi connectivity index (χ1v) is 6.26. The highest BCUT2D eigenvalue weighted by atomic mass is 16.7. The van der Waals surface area contributed by atoms with Crippen LogP contribution in [0.3, 0.4) is 0 Å². The number of benzene rings is 2. The maximum absolute atomic E-state index is 5.68. The van der Waals surface area contributed by atoms with Crippen molar-refractivity contribution in [2.45, 2.75) is 13.0 Å². The van der Waals surface area contributed by atoms with Gasteiger partial charge in [0.25, 0.3) is 0 Å². The molecule has 18 heavy (non-hydrogen) atoms. The van der Waals surface area contributed by atoms with Gasteiger partial charge in [-0.25, -0.2) is 0 Å². The van der Waals surface area contributed by atoms with Crippen molar-refractivity contribution in [3.8, 4) is 0 Å². The molecule has 0 saturated heterocycles. The number of rotatable bonds is 6. The second kappa shape index (κ2) is 6.94. The van der Waals surface area contributed by atoms with E-state index in [4.69, 9.17) is 4.84 Å². The molecule has 0 aliphatic carbocycles. The number of hydrogen-bond donors (Lipinski definition) is 0. The summed E-state index contributed by atoms with van der Waals surface area (Å²) in [5.74, 6) is 0. The second-order valence-electron chi connectivity index (χ2n) is 4.35. The van der Waals surface area contributed by atoms with Gasteiger partial charge in [-0.15, -0.1) is 0 Å². The van der Waals surface area contributed by atoms with E-state index in [9.17, 15) is 0 Å². The standard InChI is InChI=1S/C16H19NO/c1-17(13-12-15-8-4-2-5-9-15)18-14-16-10-6-3-7-11-16/h2-11H,12-14H2,1H3. The molecule has 0 radical (unpaired) electrons. The van der Waals surface area contributed by atoms with Gasteiger partial charge in [0.05, 0.1) is 6.61 Å². The molecule has 0 aliphatic heterocycles. The number of likely N-dealkylation sites (N-methyl/N-ethyl adjacent to an activating group) is 1. The fourth-order valence-corrected chi connectivity index (χ4v) is 1.75. The van der Waals surface area contributed by atoms with Crippen molar-refractivity contribution in [3.63, 3.8) is 0 Å². The average molecular weight is 241 g/mol. The van der Waals surface area contributed by atoms with Crippen LogP contribution < -0.4 is 0 Å². The van der Waals surface area contributed by atoms with E-state index in [-0.39, 0.29) is 0 Å². The molecule has 2 aromatic carbocycles. The molecule has 0 saturated carbocycles. The van der Waals surface area contributed by atoms with Crippen LogP contribution in [0, 0.1) is 0 Å². The lowest BCUT2D eigenvalue weighted by atomic mass is 10.1. The molecular weight excluding hydrogens is 222 g/mol. The summed E-state index contributed by atoms with van der Waals surface area (Å²) in [7, 11) is 1.98. The summed E-state index contributed by atoms with van der Waals surface area (Å²) in [5.41, 5.74) is 2.54. The fraction of sp³-hybridized carbons (Fsp3) is 0.250. The van der Waals surface area contributed by atoms with Crippen LogP contribution in [0.2, 0.25) is 0 Å². The molecule has 0 unspecified atom stereocenters. The number of nitrogens with zero attached hydrogens (tertiary/aromatic N) is 1. The van der Waals surface area contributed by atoms with Crippen LogP contribution in [0.25, 0.3) is 0 Å². The van der Waals surface area contributed by atoms with Gasteiger partial charge < -0.3 is 0 Å². The molecule has 94 valence electrons. The maximum Gasteiger partial charge on any atom is 0.0935 e. The summed E-state index contributed by atoms with van der Waals surface area (Å²) in [5, 5.41) is 1.90. The minimum Gasteiger partial charge on any atom is -0.294 e. The Bertz CT molecular complexity index is 398. The quantitative estimate of drug-likeness (QED) is 0.720. The molecule has 2 heteroatoms. The first kappa shape index (κ1) is 12.8. The predicted molar refractivity (Wildman–Crippen MR) is 74.0 cm³/mol. The van der Waals surface area contributed by atoms with Gasteiger partial charge in [0.2, 0.25) is 0 Å². The molecule has 0 heterocycles. The van der Waals surface area contributed by atoms with Gasteiger partial charge in [-0.2, -0.15) is 5.06 Å². The molecule has 2 aromatic rings. The van der Waals surface area contributed by atoms with E-state index in [0.29, 0.717) is 6.61 Å². The van der Waals surface area contributed by atoms with Crippen molar-refractivity contribution in [1.82, 2.24) is 5.06 Å². The summed E-state index contributed by atoms with van der Waals surface area (Å²) in [4.78, 5) is 5.68. The highest BCUT2D eigenvalue weighted by Crippen LogP contribution is 2.04. The SMILES string of the molecule is CN(CCc1ccccc1)OCc1ccccc1. The van der Waals surface area contributed by atoms with E-state index in [2.05, 4.69) is 36.4 Å². The van der Waals surface area contributed by atoms with E-state index in [1.807, 2.05) is 36.4 Å². The summed E-state index contributed by atoms with van der Waals surface area (Å²) >= 11 is 0. The average Bonchev–Trinajstić information content (AvgIpc) is 2.45. The van der Waals surface area contributed by atoms with Gasteiger partial charge in [-0.1, -0.05) is 60.7 Å². The lowest BCUT2D eigenvalue weighted by Crippen LogP contribution is -2.21. The summed E-state index contributed by atoms with van der Waals surface area (Å²) < 4.78 is 0. The van der Waals surface area contributed by atoms with Gasteiger partial charge in [-0.05, 0) is 17.5 Å². The third-order valence-corrected chi connectivity index (χ3v) is 2.85. The summed E-state index contributed by atoms with van der Waals surface area (Å²) in [6.07, 6.45) is 1.01. The van der Waals surface area contributed by atoms with Crippen LogP contribution in [-0.4, -0.2) is 18.7 Å². The molecule has 0 fully saturated rings. The molecule has 2 rings (SSSR count). The van der Waals surface area contributed by atoms with Crippen molar-refractivity contribution in [3.05, 3.63) is 71.8 Å². The maximum atomic E-state index is 5.68. The van der Waals surface area contributed by atoms with Crippen LogP contribution in [0.15, 0.2) is 60.7 Å². The van der Waals surface area contributed by atoms with Crippen molar-refractivity contribution >= 4 is 0 Å². The van der Waals surface area contributed by atoms with Crippen LogP contribution >= 0.6 is 0 Å². The number of hydroxylamine groups is 2. The van der Waals surface area contributed by atoms with Crippen molar-refractivity contribution in [2.24, 2.45) is 0 Å². The molecule has 0 aliphatic rings. The lowest BCUT2D eigenvalue weighted by Gasteiger charge is -2.16. The van der Waals surface area contributed by atoms with Gasteiger partial charge in [-0.3, -0.25) is 4.84 Å². The monoisotopic (exact) mass is 241 g/mol. The van der Waals surface area contributed by atoms with Crippen LogP contribution in [-0.2, 0) is 17.9 Å². The Hall–Kier alpha value is -1.64. The molecule has 0 spiro atoms. The zero-order valence-corrected chi connectivity index (χ0v) is 10.8. The molecule has 0 N–H and O–H groups in total. The Balaban J connectivity index is 1.71. The van der Waals surface area contributed by atoms with Crippen LogP contribution in [0.1, 0.15) is 11.1 Å². The topological polar surface area (TPSA) is 12.5 Å². The van der Waals surface area contributed by atoms with Crippen molar-refractivity contribution < 1.29 is 4.84 Å². The second-order valence-corrected chi connectivity index (χ2v) is 4.35. The van der Waals surface area contributed by atoms with E-state index in [1.54, 1.807) is 0 Å². The first-order valence-electron chi connectivity index (χ1n) is 6.26. The smallest absolute Gasteiger partial charge is 0.0935 e. The Kier molecular flexibility index (Phi) is 4.94. The zero-order chi connectivity index (χ0) is 12.6. The Morgan fingerprint density at radius 2 is 1.39 bits per heavy atom. The predicted octanol–water partition coefficient (Wildman–Crippen LogP) is 3.29. The van der Waals surface area contributed by atoms with E-state index in [0.717, 1.165) is 13.0 Å². The summed E-state index contributed by atoms with van der Waals surface area (Å²) in [6.45, 7) is 1.53. The van der Waals surface area contributed by atoms with E-state index < -0.39 is 0 Å². The molecule has 0 aromatic heterocycles. The molecule has 0 bridgehead atoms. The van der Waals surface area contributed by atoms with E-state index >= 15 is 0 Å². The summed E-state index contributed by atoms with van der Waals surface area (Å²) in [6, 6.07) is 20.7. The Morgan fingerprint density at radius 3 is 2.00 bits per heavy atom.